The van der Waals surface area contributed by atoms with Crippen LogP contribution in [0.15, 0.2) is 4.99 Å². The van der Waals surface area contributed by atoms with E-state index in [2.05, 4.69) is 16.6 Å². The lowest BCUT2D eigenvalue weighted by atomic mass is 10.3. The third kappa shape index (κ3) is 3.19. The molecule has 76 valence electrons. The topological polar surface area (TPSA) is 58.5 Å². The Kier molecular flexibility index (Phi) is 3.61. The average molecular weight is 222 g/mol. The molecule has 0 aromatic heterocycles. The number of aliphatic imine (C=N–C) groups is 1. The van der Waals surface area contributed by atoms with Crippen molar-refractivity contribution in [3.63, 3.8) is 0 Å². The SMILES string of the molecule is CCC1CN=C(NS(=O)(=O)CC)S1. The Morgan fingerprint density at radius 2 is 2.31 bits per heavy atom. The third-order valence-electron chi connectivity index (χ3n) is 1.80. The minimum absolute atomic E-state index is 0.101. The second-order valence-corrected chi connectivity index (χ2v) is 6.10. The minimum atomic E-state index is -3.14. The molecule has 1 rings (SSSR count). The molecule has 0 radical (unpaired) electrons. The molecule has 1 atom stereocenters. The molecule has 0 saturated carbocycles. The molecule has 4 nitrogen and oxygen atoms in total. The lowest BCUT2D eigenvalue weighted by Gasteiger charge is -2.05. The fraction of sp³-hybridized carbons (Fsp3) is 0.857. The lowest BCUT2D eigenvalue weighted by Crippen LogP contribution is -2.29. The van der Waals surface area contributed by atoms with Crippen molar-refractivity contribution < 1.29 is 8.42 Å². The zero-order chi connectivity index (χ0) is 9.90. The van der Waals surface area contributed by atoms with Crippen molar-refractivity contribution in [3.8, 4) is 0 Å². The van der Waals surface area contributed by atoms with Crippen LogP contribution in [-0.2, 0) is 10.0 Å². The van der Waals surface area contributed by atoms with Gasteiger partial charge in [0.05, 0.1) is 12.3 Å². The Bertz CT molecular complexity index is 298. The minimum Gasteiger partial charge on any atom is -0.262 e. The van der Waals surface area contributed by atoms with Crippen LogP contribution in [0.1, 0.15) is 20.3 Å². The fourth-order valence-electron chi connectivity index (χ4n) is 0.891. The summed E-state index contributed by atoms with van der Waals surface area (Å²) in [7, 11) is -3.14. The van der Waals surface area contributed by atoms with Gasteiger partial charge in [-0.3, -0.25) is 9.71 Å². The van der Waals surface area contributed by atoms with Gasteiger partial charge in [-0.1, -0.05) is 18.7 Å². The largest absolute Gasteiger partial charge is 0.262 e. The number of rotatable bonds is 3. The van der Waals surface area contributed by atoms with Gasteiger partial charge in [-0.15, -0.1) is 0 Å². The van der Waals surface area contributed by atoms with E-state index in [4.69, 9.17) is 0 Å². The molecule has 1 heterocycles. The number of thioether (sulfide) groups is 1. The van der Waals surface area contributed by atoms with Gasteiger partial charge >= 0.3 is 0 Å². The van der Waals surface area contributed by atoms with Gasteiger partial charge in [0.1, 0.15) is 0 Å². The third-order valence-corrected chi connectivity index (χ3v) is 4.46. The first-order chi connectivity index (χ1) is 6.07. The summed E-state index contributed by atoms with van der Waals surface area (Å²) < 4.78 is 24.7. The van der Waals surface area contributed by atoms with Gasteiger partial charge in [0, 0.05) is 5.25 Å². The normalized spacial score (nSPS) is 22.9. The molecule has 1 aliphatic rings. The van der Waals surface area contributed by atoms with E-state index in [1.165, 1.54) is 11.8 Å². The highest BCUT2D eigenvalue weighted by atomic mass is 32.2. The molecule has 0 amide bonds. The molecule has 1 unspecified atom stereocenters. The Balaban J connectivity index is 2.49. The zero-order valence-corrected chi connectivity index (χ0v) is 9.41. The van der Waals surface area contributed by atoms with Crippen LogP contribution in [0, 0.1) is 0 Å². The van der Waals surface area contributed by atoms with E-state index in [9.17, 15) is 8.42 Å². The number of nitrogens with zero attached hydrogens (tertiary/aromatic N) is 1. The molecule has 1 aliphatic heterocycles. The van der Waals surface area contributed by atoms with Gasteiger partial charge in [0.25, 0.3) is 0 Å². The summed E-state index contributed by atoms with van der Waals surface area (Å²) in [6.45, 7) is 4.41. The van der Waals surface area contributed by atoms with Gasteiger partial charge < -0.3 is 0 Å². The first-order valence-corrected chi connectivity index (χ1v) is 6.82. The Hall–Kier alpha value is -0.230. The van der Waals surface area contributed by atoms with Crippen molar-refractivity contribution in [1.29, 1.82) is 0 Å². The highest BCUT2D eigenvalue weighted by molar-refractivity contribution is 8.15. The molecule has 0 fully saturated rings. The summed E-state index contributed by atoms with van der Waals surface area (Å²) in [6, 6.07) is 0. The van der Waals surface area contributed by atoms with Gasteiger partial charge in [-0.25, -0.2) is 8.42 Å². The fourth-order valence-corrected chi connectivity index (χ4v) is 2.72. The number of hydrogen-bond donors (Lipinski definition) is 1. The van der Waals surface area contributed by atoms with Crippen LogP contribution >= 0.6 is 11.8 Å². The second kappa shape index (κ2) is 4.32. The van der Waals surface area contributed by atoms with Gasteiger partial charge in [-0.05, 0) is 13.3 Å². The van der Waals surface area contributed by atoms with Crippen molar-refractivity contribution in [3.05, 3.63) is 0 Å². The van der Waals surface area contributed by atoms with Gasteiger partial charge in [0.2, 0.25) is 10.0 Å². The maximum absolute atomic E-state index is 11.1. The van der Waals surface area contributed by atoms with Crippen LogP contribution in [0.3, 0.4) is 0 Å². The first-order valence-electron chi connectivity index (χ1n) is 4.29. The average Bonchev–Trinajstić information content (AvgIpc) is 2.52. The van der Waals surface area contributed by atoms with Crippen LogP contribution in [0.5, 0.6) is 0 Å². The molecule has 13 heavy (non-hydrogen) atoms. The summed E-state index contributed by atoms with van der Waals surface area (Å²) in [6.07, 6.45) is 1.02. The number of sulfonamides is 1. The van der Waals surface area contributed by atoms with E-state index in [0.29, 0.717) is 10.4 Å². The molecule has 1 N–H and O–H groups in total. The van der Waals surface area contributed by atoms with Crippen LogP contribution in [0.2, 0.25) is 0 Å². The van der Waals surface area contributed by atoms with E-state index in [1.807, 2.05) is 0 Å². The number of amidine groups is 1. The Morgan fingerprint density at radius 1 is 1.62 bits per heavy atom. The summed E-state index contributed by atoms with van der Waals surface area (Å²) in [5.41, 5.74) is 0. The number of nitrogens with one attached hydrogen (secondary N) is 1. The summed E-state index contributed by atoms with van der Waals surface area (Å²) >= 11 is 1.51. The zero-order valence-electron chi connectivity index (χ0n) is 7.78. The van der Waals surface area contributed by atoms with Gasteiger partial charge in [0.15, 0.2) is 5.17 Å². The van der Waals surface area contributed by atoms with Crippen molar-refractivity contribution in [1.82, 2.24) is 4.72 Å². The molecule has 6 heteroatoms. The molecule has 0 aromatic rings. The van der Waals surface area contributed by atoms with E-state index in [1.54, 1.807) is 6.92 Å². The van der Waals surface area contributed by atoms with Crippen molar-refractivity contribution >= 4 is 27.0 Å². The molecular formula is C7H14N2O2S2. The van der Waals surface area contributed by atoms with Crippen LogP contribution in [0.25, 0.3) is 0 Å². The van der Waals surface area contributed by atoms with E-state index in [-0.39, 0.29) is 5.75 Å². The summed E-state index contributed by atoms with van der Waals surface area (Å²) in [4.78, 5) is 4.11. The second-order valence-electron chi connectivity index (χ2n) is 2.80. The molecular weight excluding hydrogens is 208 g/mol. The lowest BCUT2D eigenvalue weighted by molar-refractivity contribution is 0.594. The summed E-state index contributed by atoms with van der Waals surface area (Å²) in [5, 5.41) is 0.989. The quantitative estimate of drug-likeness (QED) is 0.768. The van der Waals surface area contributed by atoms with Gasteiger partial charge in [-0.2, -0.15) is 0 Å². The molecule has 0 aliphatic carbocycles. The maximum atomic E-state index is 11.1. The van der Waals surface area contributed by atoms with Crippen molar-refractivity contribution in [2.45, 2.75) is 25.5 Å². The smallest absolute Gasteiger partial charge is 0.233 e. The van der Waals surface area contributed by atoms with E-state index < -0.39 is 10.0 Å². The maximum Gasteiger partial charge on any atom is 0.233 e. The summed E-state index contributed by atoms with van der Waals surface area (Å²) in [5.74, 6) is 0.101. The molecule has 0 aromatic carbocycles. The molecule has 0 spiro atoms. The van der Waals surface area contributed by atoms with Crippen molar-refractivity contribution in [2.75, 3.05) is 12.3 Å². The van der Waals surface area contributed by atoms with Crippen LogP contribution < -0.4 is 4.72 Å². The highest BCUT2D eigenvalue weighted by Crippen LogP contribution is 2.22. The Morgan fingerprint density at radius 3 is 2.77 bits per heavy atom. The predicted octanol–water partition coefficient (Wildman–Crippen LogP) is 0.807. The van der Waals surface area contributed by atoms with Crippen LogP contribution in [-0.4, -0.2) is 31.1 Å². The predicted molar refractivity (Wildman–Crippen MR) is 56.6 cm³/mol. The van der Waals surface area contributed by atoms with Crippen molar-refractivity contribution in [2.24, 2.45) is 4.99 Å². The molecule has 0 bridgehead atoms. The number of hydrogen-bond acceptors (Lipinski definition) is 4. The van der Waals surface area contributed by atoms with Crippen LogP contribution in [0.4, 0.5) is 0 Å². The standard InChI is InChI=1S/C7H14N2O2S2/c1-3-6-5-8-7(12-6)9-13(10,11)4-2/h6H,3-5H2,1-2H3,(H,8,9). The van der Waals surface area contributed by atoms with E-state index in [0.717, 1.165) is 13.0 Å². The monoisotopic (exact) mass is 222 g/mol. The Labute approximate surface area is 83.3 Å². The highest BCUT2D eigenvalue weighted by Gasteiger charge is 2.20. The molecule has 0 saturated heterocycles. The first kappa shape index (κ1) is 10.8. The van der Waals surface area contributed by atoms with E-state index >= 15 is 0 Å².